The zero-order chi connectivity index (χ0) is 10.2. The number of nitrogens with two attached hydrogens (primary N) is 1. The first-order chi connectivity index (χ1) is 6.84. The van der Waals surface area contributed by atoms with Crippen molar-refractivity contribution in [3.63, 3.8) is 0 Å². The van der Waals surface area contributed by atoms with Gasteiger partial charge in [-0.2, -0.15) is 0 Å². The minimum atomic E-state index is 0.494. The highest BCUT2D eigenvalue weighted by Gasteiger charge is 2.17. The molecule has 1 aliphatic carbocycles. The zero-order valence-electron chi connectivity index (χ0n) is 9.80. The van der Waals surface area contributed by atoms with Gasteiger partial charge < -0.3 is 5.73 Å². The predicted molar refractivity (Wildman–Crippen MR) is 63.3 cm³/mol. The quantitative estimate of drug-likeness (QED) is 0.727. The van der Waals surface area contributed by atoms with Crippen molar-refractivity contribution in [3.05, 3.63) is 0 Å². The molecule has 84 valence electrons. The van der Waals surface area contributed by atoms with Crippen molar-refractivity contribution in [2.75, 3.05) is 0 Å². The number of unbranched alkanes of at least 4 members (excludes halogenated alkanes) is 1. The van der Waals surface area contributed by atoms with Gasteiger partial charge in [-0.1, -0.05) is 51.9 Å². The van der Waals surface area contributed by atoms with Crippen molar-refractivity contribution in [1.82, 2.24) is 0 Å². The van der Waals surface area contributed by atoms with E-state index in [1.807, 2.05) is 0 Å². The largest absolute Gasteiger partial charge is 0.327 e. The van der Waals surface area contributed by atoms with E-state index in [4.69, 9.17) is 5.73 Å². The Bertz CT molecular complexity index is 125. The third-order valence-corrected chi connectivity index (χ3v) is 3.65. The van der Waals surface area contributed by atoms with Crippen LogP contribution in [0.3, 0.4) is 0 Å². The first-order valence-corrected chi connectivity index (χ1v) is 6.60. The molecular formula is C13H27N. The lowest BCUT2D eigenvalue weighted by Crippen LogP contribution is -2.30. The van der Waals surface area contributed by atoms with Gasteiger partial charge in [0.15, 0.2) is 0 Å². The molecule has 0 radical (unpaired) electrons. The molecule has 1 saturated carbocycles. The molecule has 0 aromatic carbocycles. The fraction of sp³-hybridized carbons (Fsp3) is 1.00. The van der Waals surface area contributed by atoms with Gasteiger partial charge in [-0.15, -0.1) is 0 Å². The van der Waals surface area contributed by atoms with Crippen LogP contribution in [0, 0.1) is 5.92 Å². The molecule has 0 amide bonds. The first-order valence-electron chi connectivity index (χ1n) is 6.60. The van der Waals surface area contributed by atoms with Crippen LogP contribution in [-0.2, 0) is 0 Å². The second-order valence-corrected chi connectivity index (χ2v) is 4.91. The van der Waals surface area contributed by atoms with Gasteiger partial charge in [0, 0.05) is 6.04 Å². The molecular weight excluding hydrogens is 170 g/mol. The summed E-state index contributed by atoms with van der Waals surface area (Å²) in [6, 6.07) is 0.494. The summed E-state index contributed by atoms with van der Waals surface area (Å²) in [7, 11) is 0. The Hall–Kier alpha value is -0.0400. The van der Waals surface area contributed by atoms with E-state index in [0.717, 1.165) is 5.92 Å². The summed E-state index contributed by atoms with van der Waals surface area (Å²) in [5.41, 5.74) is 6.25. The second-order valence-electron chi connectivity index (χ2n) is 4.91. The maximum absolute atomic E-state index is 6.25. The van der Waals surface area contributed by atoms with Crippen LogP contribution in [0.4, 0.5) is 0 Å². The molecule has 1 aliphatic rings. The van der Waals surface area contributed by atoms with E-state index < -0.39 is 0 Å². The molecule has 1 nitrogen and oxygen atoms in total. The molecule has 1 rings (SSSR count). The van der Waals surface area contributed by atoms with Gasteiger partial charge in [-0.3, -0.25) is 0 Å². The second kappa shape index (κ2) is 7.28. The van der Waals surface area contributed by atoms with Crippen LogP contribution in [-0.4, -0.2) is 6.04 Å². The van der Waals surface area contributed by atoms with Crippen molar-refractivity contribution < 1.29 is 0 Å². The molecule has 14 heavy (non-hydrogen) atoms. The van der Waals surface area contributed by atoms with E-state index in [-0.39, 0.29) is 0 Å². The third-order valence-electron chi connectivity index (χ3n) is 3.65. The standard InChI is InChI=1S/C13H27N/c1-2-3-11-13(14)12-9-7-5-4-6-8-10-12/h12-13H,2-11,14H2,1H3. The van der Waals surface area contributed by atoms with Gasteiger partial charge >= 0.3 is 0 Å². The van der Waals surface area contributed by atoms with Crippen LogP contribution in [0.5, 0.6) is 0 Å². The molecule has 0 spiro atoms. The Kier molecular flexibility index (Phi) is 6.25. The Labute approximate surface area is 89.5 Å². The maximum Gasteiger partial charge on any atom is 0.00671 e. The lowest BCUT2D eigenvalue weighted by Gasteiger charge is -2.25. The van der Waals surface area contributed by atoms with Crippen LogP contribution in [0.25, 0.3) is 0 Å². The normalized spacial score (nSPS) is 22.7. The molecule has 0 heterocycles. The third kappa shape index (κ3) is 4.45. The minimum absolute atomic E-state index is 0.494. The van der Waals surface area contributed by atoms with Crippen molar-refractivity contribution in [3.8, 4) is 0 Å². The topological polar surface area (TPSA) is 26.0 Å². The molecule has 1 unspecified atom stereocenters. The lowest BCUT2D eigenvalue weighted by atomic mass is 9.84. The summed E-state index contributed by atoms with van der Waals surface area (Å²) in [6.45, 7) is 2.25. The van der Waals surface area contributed by atoms with Gasteiger partial charge in [0.2, 0.25) is 0 Å². The fourth-order valence-corrected chi connectivity index (χ4v) is 2.59. The summed E-state index contributed by atoms with van der Waals surface area (Å²) in [5.74, 6) is 0.835. The van der Waals surface area contributed by atoms with Gasteiger partial charge in [-0.25, -0.2) is 0 Å². The molecule has 0 aromatic rings. The molecule has 0 saturated heterocycles. The van der Waals surface area contributed by atoms with E-state index in [1.165, 1.54) is 64.2 Å². The van der Waals surface area contributed by atoms with E-state index >= 15 is 0 Å². The highest BCUT2D eigenvalue weighted by molar-refractivity contribution is 4.74. The first kappa shape index (κ1) is 12.0. The van der Waals surface area contributed by atoms with E-state index in [9.17, 15) is 0 Å². The summed E-state index contributed by atoms with van der Waals surface area (Å²) in [4.78, 5) is 0. The van der Waals surface area contributed by atoms with Gasteiger partial charge in [0.05, 0.1) is 0 Å². The van der Waals surface area contributed by atoms with Crippen LogP contribution >= 0.6 is 0 Å². The smallest absolute Gasteiger partial charge is 0.00671 e. The number of hydrogen-bond donors (Lipinski definition) is 1. The maximum atomic E-state index is 6.25. The van der Waals surface area contributed by atoms with Crippen LogP contribution < -0.4 is 5.73 Å². The van der Waals surface area contributed by atoms with Crippen molar-refractivity contribution in [2.45, 2.75) is 77.2 Å². The van der Waals surface area contributed by atoms with E-state index in [1.54, 1.807) is 0 Å². The fourth-order valence-electron chi connectivity index (χ4n) is 2.59. The van der Waals surface area contributed by atoms with Gasteiger partial charge in [0.25, 0.3) is 0 Å². The Morgan fingerprint density at radius 2 is 1.64 bits per heavy atom. The highest BCUT2D eigenvalue weighted by Crippen LogP contribution is 2.25. The Morgan fingerprint density at radius 3 is 2.21 bits per heavy atom. The molecule has 1 atom stereocenters. The SMILES string of the molecule is CCCCC(N)C1CCCCCCC1. The summed E-state index contributed by atoms with van der Waals surface area (Å²) in [5, 5.41) is 0. The highest BCUT2D eigenvalue weighted by atomic mass is 14.6. The number of rotatable bonds is 4. The molecule has 0 aliphatic heterocycles. The molecule has 0 aromatic heterocycles. The van der Waals surface area contributed by atoms with Crippen LogP contribution in [0.1, 0.15) is 71.1 Å². The average Bonchev–Trinajstić information content (AvgIpc) is 2.13. The zero-order valence-corrected chi connectivity index (χ0v) is 9.80. The van der Waals surface area contributed by atoms with Crippen molar-refractivity contribution in [2.24, 2.45) is 11.7 Å². The van der Waals surface area contributed by atoms with Crippen LogP contribution in [0.2, 0.25) is 0 Å². The molecule has 0 bridgehead atoms. The van der Waals surface area contributed by atoms with E-state index in [0.29, 0.717) is 6.04 Å². The van der Waals surface area contributed by atoms with Crippen molar-refractivity contribution >= 4 is 0 Å². The van der Waals surface area contributed by atoms with Gasteiger partial charge in [-0.05, 0) is 25.2 Å². The predicted octanol–water partition coefficient (Wildman–Crippen LogP) is 3.86. The lowest BCUT2D eigenvalue weighted by molar-refractivity contribution is 0.309. The number of hydrogen-bond acceptors (Lipinski definition) is 1. The molecule has 1 heteroatoms. The van der Waals surface area contributed by atoms with Gasteiger partial charge in [0.1, 0.15) is 0 Å². The summed E-state index contributed by atoms with van der Waals surface area (Å²) < 4.78 is 0. The molecule has 1 fully saturated rings. The van der Waals surface area contributed by atoms with Crippen molar-refractivity contribution in [1.29, 1.82) is 0 Å². The Morgan fingerprint density at radius 1 is 1.07 bits per heavy atom. The minimum Gasteiger partial charge on any atom is -0.327 e. The summed E-state index contributed by atoms with van der Waals surface area (Å²) in [6.07, 6.45) is 13.8. The van der Waals surface area contributed by atoms with Crippen LogP contribution in [0.15, 0.2) is 0 Å². The van der Waals surface area contributed by atoms with E-state index in [2.05, 4.69) is 6.92 Å². The average molecular weight is 197 g/mol. The molecule has 2 N–H and O–H groups in total. The Balaban J connectivity index is 2.23. The monoisotopic (exact) mass is 197 g/mol. The summed E-state index contributed by atoms with van der Waals surface area (Å²) >= 11 is 0.